The zero-order valence-electron chi connectivity index (χ0n) is 7.07. The zero-order chi connectivity index (χ0) is 9.42. The first-order valence-electron chi connectivity index (χ1n) is 3.49. The Morgan fingerprint density at radius 3 is 2.77 bits per heavy atom. The highest BCUT2D eigenvalue weighted by atomic mass is 16.6. The van der Waals surface area contributed by atoms with Crippen LogP contribution in [-0.2, 0) is 0 Å². The van der Waals surface area contributed by atoms with Crippen molar-refractivity contribution >= 4 is 11.3 Å². The summed E-state index contributed by atoms with van der Waals surface area (Å²) in [6.07, 6.45) is 0.982. The standard InChI is InChI=1S/C7H7NO5/c1-10-5-4-6(8(9)3-12-4)13-7(5)11-2/h3H,1-2H3. The van der Waals surface area contributed by atoms with Gasteiger partial charge >= 0.3 is 18.1 Å². The summed E-state index contributed by atoms with van der Waals surface area (Å²) in [6.45, 7) is 0. The Hall–Kier alpha value is -1.85. The second kappa shape index (κ2) is 2.58. The molecule has 2 rings (SSSR count). The Bertz CT molecular complexity index is 429. The van der Waals surface area contributed by atoms with Gasteiger partial charge in [-0.25, -0.2) is 0 Å². The SMILES string of the molecule is COc1oc2c(oc[n+]2[O-])c1OC. The normalized spacial score (nSPS) is 10.6. The molecule has 0 aliphatic rings. The van der Waals surface area contributed by atoms with Crippen LogP contribution in [-0.4, -0.2) is 14.2 Å². The van der Waals surface area contributed by atoms with Crippen molar-refractivity contribution in [1.82, 2.24) is 0 Å². The molecule has 0 N–H and O–H groups in total. The summed E-state index contributed by atoms with van der Waals surface area (Å²) in [4.78, 5) is 0. The highest BCUT2D eigenvalue weighted by Gasteiger charge is 2.26. The summed E-state index contributed by atoms with van der Waals surface area (Å²) in [5, 5.41) is 11.0. The molecule has 0 fully saturated rings. The number of ether oxygens (including phenoxy) is 2. The molecule has 2 heterocycles. The van der Waals surface area contributed by atoms with Crippen molar-refractivity contribution in [2.45, 2.75) is 0 Å². The van der Waals surface area contributed by atoms with Crippen LogP contribution in [0.3, 0.4) is 0 Å². The zero-order valence-corrected chi connectivity index (χ0v) is 7.07. The summed E-state index contributed by atoms with van der Waals surface area (Å²) in [5.41, 5.74) is 0.281. The van der Waals surface area contributed by atoms with Crippen LogP contribution in [0.15, 0.2) is 15.2 Å². The maximum absolute atomic E-state index is 11.0. The molecule has 0 bridgehead atoms. The van der Waals surface area contributed by atoms with E-state index in [1.54, 1.807) is 0 Å². The fourth-order valence-corrected chi connectivity index (χ4v) is 1.08. The lowest BCUT2D eigenvalue weighted by molar-refractivity contribution is -0.590. The minimum Gasteiger partial charge on any atom is -0.614 e. The van der Waals surface area contributed by atoms with Gasteiger partial charge in [-0.3, -0.25) is 0 Å². The minimum atomic E-state index is 0.0358. The molecule has 70 valence electrons. The fourth-order valence-electron chi connectivity index (χ4n) is 1.08. The number of oxazole rings is 1. The molecule has 6 heteroatoms. The molecule has 0 saturated heterocycles. The third-order valence-electron chi connectivity index (χ3n) is 1.63. The van der Waals surface area contributed by atoms with E-state index in [2.05, 4.69) is 0 Å². The molecule has 2 aromatic heterocycles. The van der Waals surface area contributed by atoms with Crippen LogP contribution in [0.2, 0.25) is 0 Å². The molecule has 13 heavy (non-hydrogen) atoms. The molecule has 0 aliphatic carbocycles. The molecule has 0 saturated carbocycles. The summed E-state index contributed by atoms with van der Waals surface area (Å²) < 4.78 is 20.2. The number of aromatic nitrogens is 1. The summed E-state index contributed by atoms with van der Waals surface area (Å²) in [5.74, 6) is 0.411. The lowest BCUT2D eigenvalue weighted by Crippen LogP contribution is -2.21. The first-order valence-corrected chi connectivity index (χ1v) is 3.49. The summed E-state index contributed by atoms with van der Waals surface area (Å²) in [6, 6.07) is 0. The van der Waals surface area contributed by atoms with Crippen LogP contribution in [0.25, 0.3) is 11.3 Å². The molecule has 0 amide bonds. The van der Waals surface area contributed by atoms with Gasteiger partial charge in [0.15, 0.2) is 0 Å². The number of hydrogen-bond acceptors (Lipinski definition) is 5. The molecule has 0 unspecified atom stereocenters. The summed E-state index contributed by atoms with van der Waals surface area (Å²) >= 11 is 0. The Balaban J connectivity index is 2.74. The number of furan rings is 1. The van der Waals surface area contributed by atoms with Crippen LogP contribution in [0, 0.1) is 5.21 Å². The van der Waals surface area contributed by atoms with E-state index in [-0.39, 0.29) is 23.0 Å². The van der Waals surface area contributed by atoms with E-state index in [1.165, 1.54) is 14.2 Å². The van der Waals surface area contributed by atoms with Crippen LogP contribution < -0.4 is 14.2 Å². The third-order valence-corrected chi connectivity index (χ3v) is 1.63. The maximum atomic E-state index is 11.0. The number of nitrogens with zero attached hydrogens (tertiary/aromatic N) is 1. The van der Waals surface area contributed by atoms with Crippen LogP contribution >= 0.6 is 0 Å². The Kier molecular flexibility index (Phi) is 1.54. The van der Waals surface area contributed by atoms with Gasteiger partial charge in [-0.05, 0) is 0 Å². The summed E-state index contributed by atoms with van der Waals surface area (Å²) in [7, 11) is 2.85. The van der Waals surface area contributed by atoms with Gasteiger partial charge in [-0.1, -0.05) is 0 Å². The Morgan fingerprint density at radius 2 is 2.15 bits per heavy atom. The third kappa shape index (κ3) is 0.915. The van der Waals surface area contributed by atoms with Crippen molar-refractivity contribution in [2.24, 2.45) is 0 Å². The topological polar surface area (TPSA) is 71.7 Å². The molecule has 0 aliphatic heterocycles. The second-order valence-corrected chi connectivity index (χ2v) is 2.31. The molecule has 0 atom stereocenters. The van der Waals surface area contributed by atoms with Crippen LogP contribution in [0.1, 0.15) is 0 Å². The van der Waals surface area contributed by atoms with E-state index in [9.17, 15) is 5.21 Å². The van der Waals surface area contributed by atoms with E-state index < -0.39 is 0 Å². The minimum absolute atomic E-state index is 0.0358. The quantitative estimate of drug-likeness (QED) is 0.508. The first kappa shape index (κ1) is 7.78. The van der Waals surface area contributed by atoms with Crippen molar-refractivity contribution in [3.05, 3.63) is 11.6 Å². The van der Waals surface area contributed by atoms with Gasteiger partial charge in [0, 0.05) is 0 Å². The largest absolute Gasteiger partial charge is 0.614 e. The first-order chi connectivity index (χ1) is 6.27. The van der Waals surface area contributed by atoms with E-state index >= 15 is 0 Å². The average molecular weight is 185 g/mol. The monoisotopic (exact) mass is 185 g/mol. The van der Waals surface area contributed by atoms with Crippen LogP contribution in [0.4, 0.5) is 0 Å². The molecule has 6 nitrogen and oxygen atoms in total. The molecular weight excluding hydrogens is 178 g/mol. The van der Waals surface area contributed by atoms with E-state index in [0.29, 0.717) is 4.73 Å². The second-order valence-electron chi connectivity index (χ2n) is 2.31. The van der Waals surface area contributed by atoms with Crippen molar-refractivity contribution in [1.29, 1.82) is 0 Å². The highest BCUT2D eigenvalue weighted by Crippen LogP contribution is 2.37. The number of methoxy groups -OCH3 is 2. The van der Waals surface area contributed by atoms with Crippen molar-refractivity contribution in [2.75, 3.05) is 14.2 Å². The van der Waals surface area contributed by atoms with Crippen molar-refractivity contribution in [3.8, 4) is 11.7 Å². The van der Waals surface area contributed by atoms with Gasteiger partial charge in [0.05, 0.1) is 14.2 Å². The van der Waals surface area contributed by atoms with Gasteiger partial charge in [0.2, 0.25) is 0 Å². The number of fused-ring (bicyclic) bond motifs is 1. The maximum Gasteiger partial charge on any atom is 0.438 e. The van der Waals surface area contributed by atoms with Crippen molar-refractivity contribution in [3.63, 3.8) is 0 Å². The Morgan fingerprint density at radius 1 is 1.38 bits per heavy atom. The average Bonchev–Trinajstić information content (AvgIpc) is 2.65. The van der Waals surface area contributed by atoms with E-state index in [0.717, 1.165) is 6.39 Å². The number of rotatable bonds is 2. The van der Waals surface area contributed by atoms with Gasteiger partial charge in [-0.15, -0.1) is 4.73 Å². The molecule has 0 spiro atoms. The van der Waals surface area contributed by atoms with Gasteiger partial charge in [0.1, 0.15) is 0 Å². The smallest absolute Gasteiger partial charge is 0.438 e. The molecule has 0 radical (unpaired) electrons. The van der Waals surface area contributed by atoms with Gasteiger partial charge in [0.25, 0.3) is 11.3 Å². The fraction of sp³-hybridized carbons (Fsp3) is 0.286. The molecule has 0 aromatic carbocycles. The highest BCUT2D eigenvalue weighted by molar-refractivity contribution is 5.75. The Labute approximate surface area is 72.8 Å². The predicted octanol–water partition coefficient (Wildman–Crippen LogP) is 0.676. The molecular formula is C7H7NO5. The van der Waals surface area contributed by atoms with Gasteiger partial charge in [-0.2, -0.15) is 0 Å². The van der Waals surface area contributed by atoms with E-state index in [1.807, 2.05) is 0 Å². The predicted molar refractivity (Wildman–Crippen MR) is 40.5 cm³/mol. The van der Waals surface area contributed by atoms with E-state index in [4.69, 9.17) is 18.3 Å². The lowest BCUT2D eigenvalue weighted by Gasteiger charge is -1.95. The van der Waals surface area contributed by atoms with Crippen molar-refractivity contribution < 1.29 is 23.0 Å². The molecule has 2 aromatic rings. The number of hydrogen-bond donors (Lipinski definition) is 0. The lowest BCUT2D eigenvalue weighted by atomic mass is 10.5. The van der Waals surface area contributed by atoms with Crippen LogP contribution in [0.5, 0.6) is 11.7 Å². The van der Waals surface area contributed by atoms with Gasteiger partial charge < -0.3 is 23.5 Å².